The van der Waals surface area contributed by atoms with E-state index in [0.29, 0.717) is 5.56 Å². The number of benzene rings is 1. The van der Waals surface area contributed by atoms with Crippen LogP contribution in [0.3, 0.4) is 0 Å². The van der Waals surface area contributed by atoms with Crippen molar-refractivity contribution >= 4 is 57.7 Å². The van der Waals surface area contributed by atoms with Gasteiger partial charge in [-0.05, 0) is 24.4 Å². The second-order valence-corrected chi connectivity index (χ2v) is 5.47. The molecule has 1 aliphatic heterocycles. The van der Waals surface area contributed by atoms with Crippen LogP contribution < -0.4 is 22.3 Å². The van der Waals surface area contributed by atoms with E-state index in [1.54, 1.807) is 6.07 Å². The van der Waals surface area contributed by atoms with Crippen molar-refractivity contribution in [3.63, 3.8) is 0 Å². The van der Waals surface area contributed by atoms with Crippen LogP contribution in [-0.2, 0) is 4.74 Å². The third-order valence-electron chi connectivity index (χ3n) is 2.89. The number of nitrogens with two attached hydrogens (primary N) is 2. The molecule has 2 rings (SSSR count). The second kappa shape index (κ2) is 7.59. The molecule has 0 aromatic heterocycles. The Labute approximate surface area is 151 Å². The standard InChI is InChI=1S/C12H12N8O3S2/c13-10-8(17-19-12(15)25)7(16-18-11(14)24)9(23-10)5-2-1-3-6(4-5)20(21)22/h1-4,9,13H,(H3,14,18,24)(H3,15,19,25)/b13-10?,16-7-,17-8+/t9-/m0/s1. The Morgan fingerprint density at radius 2 is 1.92 bits per heavy atom. The third kappa shape index (κ3) is 4.42. The summed E-state index contributed by atoms with van der Waals surface area (Å²) in [6.45, 7) is 0. The first-order valence-electron chi connectivity index (χ1n) is 6.56. The van der Waals surface area contributed by atoms with E-state index in [0.717, 1.165) is 0 Å². The molecule has 0 amide bonds. The SMILES string of the molecule is N=C1O[C@@H](c2cccc([N+](=O)[O-])c2)C(=N\NC(N)=S)/C1=N\NC(N)=S. The minimum Gasteiger partial charge on any atom is -0.461 e. The predicted octanol–water partition coefficient (Wildman–Crippen LogP) is 0.0218. The van der Waals surface area contributed by atoms with Gasteiger partial charge in [0.05, 0.1) is 4.92 Å². The monoisotopic (exact) mass is 380 g/mol. The summed E-state index contributed by atoms with van der Waals surface area (Å²) in [5.41, 5.74) is 15.8. The molecule has 130 valence electrons. The Morgan fingerprint density at radius 3 is 2.52 bits per heavy atom. The Balaban J connectivity index is 2.47. The number of nitro benzene ring substituents is 1. The average molecular weight is 380 g/mol. The fourth-order valence-corrected chi connectivity index (χ4v) is 2.03. The first kappa shape index (κ1) is 18.2. The Bertz CT molecular complexity index is 822. The molecule has 1 aromatic carbocycles. The molecule has 0 radical (unpaired) electrons. The highest BCUT2D eigenvalue weighted by Crippen LogP contribution is 2.28. The van der Waals surface area contributed by atoms with Gasteiger partial charge in [0.15, 0.2) is 22.0 Å². The van der Waals surface area contributed by atoms with Crippen LogP contribution in [0.4, 0.5) is 5.69 Å². The van der Waals surface area contributed by atoms with E-state index in [2.05, 4.69) is 33.3 Å². The predicted molar refractivity (Wildman–Crippen MR) is 99.4 cm³/mol. The highest BCUT2D eigenvalue weighted by molar-refractivity contribution is 7.80. The fourth-order valence-electron chi connectivity index (χ4n) is 1.94. The van der Waals surface area contributed by atoms with Crippen molar-refractivity contribution < 1.29 is 9.66 Å². The zero-order valence-electron chi connectivity index (χ0n) is 12.4. The molecule has 0 spiro atoms. The van der Waals surface area contributed by atoms with Gasteiger partial charge in [-0.2, -0.15) is 10.2 Å². The number of hydrazone groups is 2. The van der Waals surface area contributed by atoms with Gasteiger partial charge in [0.25, 0.3) is 5.69 Å². The number of ether oxygens (including phenoxy) is 1. The van der Waals surface area contributed by atoms with Gasteiger partial charge in [-0.25, -0.2) is 0 Å². The number of hydrogen-bond donors (Lipinski definition) is 5. The number of rotatable bonds is 4. The molecule has 7 N–H and O–H groups in total. The summed E-state index contributed by atoms with van der Waals surface area (Å²) >= 11 is 9.35. The van der Waals surface area contributed by atoms with E-state index in [4.69, 9.17) is 33.8 Å². The summed E-state index contributed by atoms with van der Waals surface area (Å²) in [4.78, 5) is 10.4. The summed E-state index contributed by atoms with van der Waals surface area (Å²) in [5, 5.41) is 26.4. The van der Waals surface area contributed by atoms with Crippen molar-refractivity contribution in [2.45, 2.75) is 6.10 Å². The van der Waals surface area contributed by atoms with Gasteiger partial charge in [-0.1, -0.05) is 12.1 Å². The van der Waals surface area contributed by atoms with E-state index < -0.39 is 11.0 Å². The molecule has 0 bridgehead atoms. The zero-order chi connectivity index (χ0) is 18.6. The zero-order valence-corrected chi connectivity index (χ0v) is 14.1. The maximum Gasteiger partial charge on any atom is 0.269 e. The molecular formula is C12H12N8O3S2. The minimum absolute atomic E-state index is 0.00643. The van der Waals surface area contributed by atoms with Crippen molar-refractivity contribution in [2.75, 3.05) is 0 Å². The number of thiocarbonyl (C=S) groups is 2. The molecule has 1 aliphatic rings. The fraction of sp³-hybridized carbons (Fsp3) is 0.0833. The molecule has 1 atom stereocenters. The molecule has 13 heteroatoms. The Morgan fingerprint density at radius 1 is 1.28 bits per heavy atom. The van der Waals surface area contributed by atoms with Gasteiger partial charge < -0.3 is 16.2 Å². The minimum atomic E-state index is -0.929. The highest BCUT2D eigenvalue weighted by atomic mass is 32.1. The second-order valence-electron chi connectivity index (χ2n) is 4.59. The summed E-state index contributed by atoms with van der Waals surface area (Å²) in [6.07, 6.45) is -0.929. The van der Waals surface area contributed by atoms with E-state index in [1.165, 1.54) is 18.2 Å². The lowest BCUT2D eigenvalue weighted by atomic mass is 10.0. The van der Waals surface area contributed by atoms with Gasteiger partial charge >= 0.3 is 0 Å². The lowest BCUT2D eigenvalue weighted by molar-refractivity contribution is -0.384. The molecule has 1 heterocycles. The van der Waals surface area contributed by atoms with Gasteiger partial charge in [-0.15, -0.1) is 0 Å². The molecule has 0 aliphatic carbocycles. The molecule has 0 unspecified atom stereocenters. The van der Waals surface area contributed by atoms with Crippen LogP contribution in [0, 0.1) is 15.5 Å². The van der Waals surface area contributed by atoms with Crippen molar-refractivity contribution in [3.8, 4) is 0 Å². The van der Waals surface area contributed by atoms with E-state index >= 15 is 0 Å². The Kier molecular flexibility index (Phi) is 5.51. The van der Waals surface area contributed by atoms with Gasteiger partial charge in [0.1, 0.15) is 5.71 Å². The van der Waals surface area contributed by atoms with E-state index in [9.17, 15) is 10.1 Å². The van der Waals surface area contributed by atoms with Gasteiger partial charge in [0.2, 0.25) is 5.90 Å². The topological polar surface area (TPSA) is 177 Å². The normalized spacial score (nSPS) is 19.5. The van der Waals surface area contributed by atoms with Crippen LogP contribution >= 0.6 is 24.4 Å². The van der Waals surface area contributed by atoms with E-state index in [1.807, 2.05) is 0 Å². The first-order valence-corrected chi connectivity index (χ1v) is 7.37. The maximum atomic E-state index is 11.0. The van der Waals surface area contributed by atoms with E-state index in [-0.39, 0.29) is 33.2 Å². The van der Waals surface area contributed by atoms with Crippen molar-refractivity contribution in [2.24, 2.45) is 21.7 Å². The van der Waals surface area contributed by atoms with Crippen molar-refractivity contribution in [1.29, 1.82) is 5.41 Å². The third-order valence-corrected chi connectivity index (χ3v) is 3.07. The van der Waals surface area contributed by atoms with Crippen LogP contribution in [0.2, 0.25) is 0 Å². The lowest BCUT2D eigenvalue weighted by Gasteiger charge is -2.10. The lowest BCUT2D eigenvalue weighted by Crippen LogP contribution is -2.31. The highest BCUT2D eigenvalue weighted by Gasteiger charge is 2.38. The van der Waals surface area contributed by atoms with Crippen LogP contribution in [0.25, 0.3) is 0 Å². The van der Waals surface area contributed by atoms with Crippen molar-refractivity contribution in [1.82, 2.24) is 10.9 Å². The van der Waals surface area contributed by atoms with Crippen LogP contribution in [-0.4, -0.2) is 32.5 Å². The van der Waals surface area contributed by atoms with Crippen molar-refractivity contribution in [3.05, 3.63) is 39.9 Å². The smallest absolute Gasteiger partial charge is 0.269 e. The molecular weight excluding hydrogens is 368 g/mol. The number of non-ortho nitro benzene ring substituents is 1. The number of nitro groups is 1. The first-order chi connectivity index (χ1) is 11.8. The molecule has 25 heavy (non-hydrogen) atoms. The van der Waals surface area contributed by atoms with Crippen LogP contribution in [0.5, 0.6) is 0 Å². The summed E-state index contributed by atoms with van der Waals surface area (Å²) in [6, 6.07) is 5.71. The number of nitrogens with zero attached hydrogens (tertiary/aromatic N) is 3. The number of nitrogens with one attached hydrogen (secondary N) is 3. The van der Waals surface area contributed by atoms with Crippen LogP contribution in [0.1, 0.15) is 11.7 Å². The average Bonchev–Trinajstić information content (AvgIpc) is 2.86. The maximum absolute atomic E-state index is 11.0. The Hall–Kier alpha value is -3.19. The molecule has 0 saturated carbocycles. The molecule has 11 nitrogen and oxygen atoms in total. The quantitative estimate of drug-likeness (QED) is 0.274. The summed E-state index contributed by atoms with van der Waals surface area (Å²) in [7, 11) is 0. The summed E-state index contributed by atoms with van der Waals surface area (Å²) < 4.78 is 5.42. The van der Waals surface area contributed by atoms with Gasteiger partial charge in [-0.3, -0.25) is 26.4 Å². The van der Waals surface area contributed by atoms with Crippen LogP contribution in [0.15, 0.2) is 34.5 Å². The largest absolute Gasteiger partial charge is 0.461 e. The molecule has 1 fully saturated rings. The number of hydrogen-bond acceptors (Lipinski definition) is 8. The summed E-state index contributed by atoms with van der Waals surface area (Å²) in [5.74, 6) is -0.330. The molecule has 1 aromatic rings. The molecule has 1 saturated heterocycles. The van der Waals surface area contributed by atoms with Gasteiger partial charge in [0, 0.05) is 17.7 Å².